The number of H-pyrrole nitrogens is 1. The fourth-order valence-corrected chi connectivity index (χ4v) is 4.94. The zero-order chi connectivity index (χ0) is 28.8. The number of hydrogen-bond acceptors (Lipinski definition) is 8. The Labute approximate surface area is 237 Å². The molecule has 1 fully saturated rings. The summed E-state index contributed by atoms with van der Waals surface area (Å²) in [7, 11) is 0. The number of amides is 1. The Hall–Kier alpha value is -4.51. The number of aliphatic imine (C=N–C) groups is 1. The lowest BCUT2D eigenvalue weighted by atomic mass is 10.00. The minimum Gasteiger partial charge on any atom is -0.494 e. The summed E-state index contributed by atoms with van der Waals surface area (Å²) in [5.74, 6) is -0.896. The standard InChI is InChI=1S/C31H33N5O5/c32-30(39)23-3-1-2-21(18-23)29(38)22-4-9-26-27(31(40)34-28(26)19-22)20-33-24-5-7-25(8-6-24)36-12-10-35(11-13-36)14-16-41-17-15-37/h1-9,18-20,34,37,40H,10-17H2,(H2,32,39). The molecule has 0 saturated carbocycles. The third kappa shape index (κ3) is 6.63. The maximum atomic E-state index is 13.0. The number of carbonyl (C=O) groups excluding carboxylic acids is 2. The average Bonchev–Trinajstić information content (AvgIpc) is 3.32. The number of ketones is 1. The molecule has 41 heavy (non-hydrogen) atoms. The smallest absolute Gasteiger partial charge is 0.248 e. The summed E-state index contributed by atoms with van der Waals surface area (Å²) in [5.41, 5.74) is 9.38. The number of nitrogens with one attached hydrogen (secondary N) is 1. The molecule has 0 radical (unpaired) electrons. The van der Waals surface area contributed by atoms with Gasteiger partial charge in [0.1, 0.15) is 0 Å². The van der Waals surface area contributed by atoms with Gasteiger partial charge in [0, 0.05) is 72.2 Å². The molecule has 1 aliphatic heterocycles. The summed E-state index contributed by atoms with van der Waals surface area (Å²) in [5, 5.41) is 20.1. The quantitative estimate of drug-likeness (QED) is 0.126. The third-order valence-corrected chi connectivity index (χ3v) is 7.21. The Morgan fingerprint density at radius 1 is 0.951 bits per heavy atom. The molecule has 5 rings (SSSR count). The number of nitrogens with two attached hydrogens (primary N) is 1. The molecule has 0 aliphatic carbocycles. The largest absolute Gasteiger partial charge is 0.494 e. The van der Waals surface area contributed by atoms with E-state index < -0.39 is 5.91 Å². The predicted molar refractivity (Wildman–Crippen MR) is 159 cm³/mol. The highest BCUT2D eigenvalue weighted by atomic mass is 16.5. The van der Waals surface area contributed by atoms with Crippen LogP contribution in [0.4, 0.5) is 11.4 Å². The number of hydrogen-bond donors (Lipinski definition) is 4. The number of fused-ring (bicyclic) bond motifs is 1. The van der Waals surface area contributed by atoms with Crippen LogP contribution < -0.4 is 10.6 Å². The maximum Gasteiger partial charge on any atom is 0.248 e. The second-order valence-electron chi connectivity index (χ2n) is 9.86. The van der Waals surface area contributed by atoms with E-state index >= 15 is 0 Å². The van der Waals surface area contributed by atoms with Gasteiger partial charge in [0.2, 0.25) is 5.91 Å². The van der Waals surface area contributed by atoms with Crippen LogP contribution in [0.5, 0.6) is 5.88 Å². The van der Waals surface area contributed by atoms with Gasteiger partial charge in [0.05, 0.1) is 31.1 Å². The van der Waals surface area contributed by atoms with Gasteiger partial charge in [0.25, 0.3) is 0 Å². The van der Waals surface area contributed by atoms with Gasteiger partial charge in [0.15, 0.2) is 11.7 Å². The number of anilines is 1. The number of carbonyl (C=O) groups is 2. The minimum atomic E-state index is -0.598. The predicted octanol–water partition coefficient (Wildman–Crippen LogP) is 3.08. The van der Waals surface area contributed by atoms with Crippen molar-refractivity contribution in [2.45, 2.75) is 0 Å². The van der Waals surface area contributed by atoms with E-state index in [1.165, 1.54) is 6.07 Å². The van der Waals surface area contributed by atoms with Crippen molar-refractivity contribution < 1.29 is 24.5 Å². The molecule has 2 heterocycles. The SMILES string of the molecule is NC(=O)c1cccc(C(=O)c2ccc3c(C=Nc4ccc(N5CCN(CCOCCO)CC5)cc4)c(O)[nH]c3c2)c1. The first-order valence-electron chi connectivity index (χ1n) is 13.5. The van der Waals surface area contributed by atoms with Crippen molar-refractivity contribution in [2.24, 2.45) is 10.7 Å². The first kappa shape index (κ1) is 28.0. The van der Waals surface area contributed by atoms with Crippen molar-refractivity contribution in [2.75, 3.05) is 57.4 Å². The summed E-state index contributed by atoms with van der Waals surface area (Å²) in [4.78, 5) is 36.7. The number of aliphatic hydroxyl groups excluding tert-OH is 1. The first-order valence-corrected chi connectivity index (χ1v) is 13.5. The zero-order valence-electron chi connectivity index (χ0n) is 22.6. The number of benzene rings is 3. The number of ether oxygens (including phenoxy) is 1. The number of aromatic nitrogens is 1. The van der Waals surface area contributed by atoms with Gasteiger partial charge >= 0.3 is 0 Å². The van der Waals surface area contributed by atoms with E-state index in [2.05, 4.69) is 19.8 Å². The number of primary amides is 1. The third-order valence-electron chi connectivity index (χ3n) is 7.21. The van der Waals surface area contributed by atoms with Crippen LogP contribution in [0.3, 0.4) is 0 Å². The molecular weight excluding hydrogens is 522 g/mol. The number of aromatic hydroxyl groups is 1. The Morgan fingerprint density at radius 3 is 2.41 bits per heavy atom. The molecule has 1 amide bonds. The van der Waals surface area contributed by atoms with Gasteiger partial charge in [-0.05, 0) is 42.5 Å². The van der Waals surface area contributed by atoms with E-state index in [9.17, 15) is 14.7 Å². The highest BCUT2D eigenvalue weighted by Gasteiger charge is 2.17. The van der Waals surface area contributed by atoms with Crippen molar-refractivity contribution in [1.29, 1.82) is 0 Å². The zero-order valence-corrected chi connectivity index (χ0v) is 22.6. The van der Waals surface area contributed by atoms with E-state index in [0.29, 0.717) is 35.4 Å². The summed E-state index contributed by atoms with van der Waals surface area (Å²) >= 11 is 0. The van der Waals surface area contributed by atoms with Crippen LogP contribution in [-0.4, -0.2) is 90.5 Å². The molecule has 3 aromatic carbocycles. The Kier molecular flexibility index (Phi) is 8.73. The minimum absolute atomic E-state index is 0.0414. The molecule has 212 valence electrons. The van der Waals surface area contributed by atoms with Crippen LogP contribution in [0.1, 0.15) is 31.8 Å². The van der Waals surface area contributed by atoms with Crippen LogP contribution in [0.25, 0.3) is 10.9 Å². The summed E-state index contributed by atoms with van der Waals surface area (Å²) in [6, 6.07) is 19.4. The molecule has 1 aromatic heterocycles. The van der Waals surface area contributed by atoms with E-state index in [0.717, 1.165) is 49.5 Å². The van der Waals surface area contributed by atoms with Crippen molar-refractivity contribution >= 4 is 40.2 Å². The molecule has 4 aromatic rings. The fraction of sp³-hybridized carbons (Fsp3) is 0.258. The lowest BCUT2D eigenvalue weighted by Crippen LogP contribution is -2.47. The van der Waals surface area contributed by atoms with Gasteiger partial charge in [-0.1, -0.05) is 24.3 Å². The monoisotopic (exact) mass is 555 g/mol. The number of aromatic amines is 1. The second kappa shape index (κ2) is 12.8. The van der Waals surface area contributed by atoms with Crippen LogP contribution in [-0.2, 0) is 4.74 Å². The van der Waals surface area contributed by atoms with Gasteiger partial charge in [-0.3, -0.25) is 19.5 Å². The van der Waals surface area contributed by atoms with Gasteiger partial charge in [-0.15, -0.1) is 0 Å². The molecule has 0 atom stereocenters. The highest BCUT2D eigenvalue weighted by Crippen LogP contribution is 2.28. The molecule has 0 unspecified atom stereocenters. The van der Waals surface area contributed by atoms with Gasteiger partial charge in [-0.2, -0.15) is 0 Å². The van der Waals surface area contributed by atoms with Crippen LogP contribution >= 0.6 is 0 Å². The van der Waals surface area contributed by atoms with Crippen LogP contribution in [0, 0.1) is 0 Å². The topological polar surface area (TPSA) is 144 Å². The molecule has 0 bridgehead atoms. The molecule has 1 aliphatic rings. The summed E-state index contributed by atoms with van der Waals surface area (Å²) in [6.45, 7) is 5.69. The molecule has 1 saturated heterocycles. The molecule has 10 nitrogen and oxygen atoms in total. The molecule has 0 spiro atoms. The normalized spacial score (nSPS) is 14.2. The summed E-state index contributed by atoms with van der Waals surface area (Å²) < 4.78 is 5.37. The second-order valence-corrected chi connectivity index (χ2v) is 9.86. The average molecular weight is 556 g/mol. The molecular formula is C31H33N5O5. The molecule has 10 heteroatoms. The Balaban J connectivity index is 1.23. The van der Waals surface area contributed by atoms with E-state index in [4.69, 9.17) is 15.6 Å². The van der Waals surface area contributed by atoms with Crippen molar-refractivity contribution in [3.63, 3.8) is 0 Å². The fourth-order valence-electron chi connectivity index (χ4n) is 4.94. The lowest BCUT2D eigenvalue weighted by Gasteiger charge is -2.36. The number of rotatable bonds is 11. The highest BCUT2D eigenvalue weighted by molar-refractivity contribution is 6.12. The maximum absolute atomic E-state index is 13.0. The number of aliphatic hydroxyl groups is 1. The summed E-state index contributed by atoms with van der Waals surface area (Å²) in [6.07, 6.45) is 1.61. The number of piperazine rings is 1. The first-order chi connectivity index (χ1) is 19.9. The van der Waals surface area contributed by atoms with Crippen molar-refractivity contribution in [3.05, 3.63) is 89.0 Å². The van der Waals surface area contributed by atoms with Gasteiger partial charge in [-0.25, -0.2) is 0 Å². The molecule has 5 N–H and O–H groups in total. The Bertz CT molecular complexity index is 1560. The Morgan fingerprint density at radius 2 is 1.68 bits per heavy atom. The number of nitrogens with zero attached hydrogens (tertiary/aromatic N) is 3. The van der Waals surface area contributed by atoms with Crippen molar-refractivity contribution in [3.8, 4) is 5.88 Å². The van der Waals surface area contributed by atoms with E-state index in [-0.39, 0.29) is 23.8 Å². The van der Waals surface area contributed by atoms with Crippen LogP contribution in [0.2, 0.25) is 0 Å². The van der Waals surface area contributed by atoms with Gasteiger partial charge < -0.3 is 30.6 Å². The van der Waals surface area contributed by atoms with Crippen LogP contribution in [0.15, 0.2) is 71.7 Å². The lowest BCUT2D eigenvalue weighted by molar-refractivity contribution is 0.0724. The van der Waals surface area contributed by atoms with E-state index in [1.54, 1.807) is 42.6 Å². The van der Waals surface area contributed by atoms with Crippen molar-refractivity contribution in [1.82, 2.24) is 9.88 Å². The van der Waals surface area contributed by atoms with E-state index in [1.807, 2.05) is 24.3 Å².